The summed E-state index contributed by atoms with van der Waals surface area (Å²) in [6.07, 6.45) is 1.53. The molecule has 22 heavy (non-hydrogen) atoms. The molecule has 0 fully saturated rings. The highest BCUT2D eigenvalue weighted by Gasteiger charge is 2.22. The van der Waals surface area contributed by atoms with Gasteiger partial charge in [0.1, 0.15) is 5.15 Å². The first-order valence-corrected chi connectivity index (χ1v) is 7.24. The molecule has 0 aliphatic carbocycles. The fourth-order valence-electron chi connectivity index (χ4n) is 2.12. The third kappa shape index (κ3) is 2.89. The van der Waals surface area contributed by atoms with Crippen LogP contribution >= 0.6 is 23.2 Å². The molecule has 0 bridgehead atoms. The van der Waals surface area contributed by atoms with E-state index in [0.717, 1.165) is 5.56 Å². The van der Waals surface area contributed by atoms with E-state index >= 15 is 0 Å². The van der Waals surface area contributed by atoms with Crippen LogP contribution in [-0.4, -0.2) is 25.0 Å². The molecule has 0 saturated heterocycles. The summed E-state index contributed by atoms with van der Waals surface area (Å²) < 4.78 is 10.5. The van der Waals surface area contributed by atoms with Gasteiger partial charge in [-0.2, -0.15) is 0 Å². The van der Waals surface area contributed by atoms with Crippen LogP contribution in [0.3, 0.4) is 0 Å². The van der Waals surface area contributed by atoms with E-state index < -0.39 is 0 Å². The molecule has 0 aliphatic rings. The number of pyridine rings is 1. The lowest BCUT2D eigenvalue weighted by Crippen LogP contribution is -2.08. The number of hydrogen-bond donors (Lipinski definition) is 0. The van der Waals surface area contributed by atoms with Crippen LogP contribution in [0.1, 0.15) is 27.0 Å². The number of carbonyl (C=O) groups excluding carboxylic acids is 1. The Kier molecular flexibility index (Phi) is 4.94. The smallest absolute Gasteiger partial charge is 0.198 e. The first-order chi connectivity index (χ1) is 10.4. The van der Waals surface area contributed by atoms with Crippen molar-refractivity contribution in [3.8, 4) is 11.5 Å². The molecule has 1 heterocycles. The van der Waals surface area contributed by atoms with Crippen LogP contribution in [0.15, 0.2) is 18.3 Å². The van der Waals surface area contributed by atoms with Gasteiger partial charge >= 0.3 is 0 Å². The van der Waals surface area contributed by atoms with Crippen molar-refractivity contribution < 1.29 is 14.3 Å². The zero-order valence-corrected chi connectivity index (χ0v) is 14.2. The van der Waals surface area contributed by atoms with Gasteiger partial charge in [-0.05, 0) is 37.1 Å². The second-order valence-corrected chi connectivity index (χ2v) is 5.51. The van der Waals surface area contributed by atoms with Crippen molar-refractivity contribution in [1.82, 2.24) is 4.98 Å². The van der Waals surface area contributed by atoms with Crippen molar-refractivity contribution in [2.75, 3.05) is 14.2 Å². The summed E-state index contributed by atoms with van der Waals surface area (Å²) >= 11 is 12.3. The molecule has 0 aliphatic heterocycles. The highest BCUT2D eigenvalue weighted by Crippen LogP contribution is 2.34. The molecule has 116 valence electrons. The van der Waals surface area contributed by atoms with E-state index in [1.54, 1.807) is 26.0 Å². The summed E-state index contributed by atoms with van der Waals surface area (Å²) in [5, 5.41) is 0.383. The van der Waals surface area contributed by atoms with Crippen LogP contribution in [0.4, 0.5) is 0 Å². The van der Waals surface area contributed by atoms with Gasteiger partial charge in [0.15, 0.2) is 17.3 Å². The number of ketones is 1. The summed E-state index contributed by atoms with van der Waals surface area (Å²) in [6.45, 7) is 3.57. The number of hydrogen-bond acceptors (Lipinski definition) is 4. The number of halogens is 2. The number of rotatable bonds is 4. The van der Waals surface area contributed by atoms with E-state index in [9.17, 15) is 4.79 Å². The van der Waals surface area contributed by atoms with Gasteiger partial charge in [0.05, 0.1) is 24.8 Å². The molecule has 0 unspecified atom stereocenters. The van der Waals surface area contributed by atoms with Gasteiger partial charge in [-0.1, -0.05) is 23.2 Å². The summed E-state index contributed by atoms with van der Waals surface area (Å²) in [7, 11) is 3.05. The quantitative estimate of drug-likeness (QED) is 0.617. The zero-order valence-electron chi connectivity index (χ0n) is 12.7. The van der Waals surface area contributed by atoms with Crippen molar-refractivity contribution in [2.45, 2.75) is 13.8 Å². The van der Waals surface area contributed by atoms with E-state index in [0.29, 0.717) is 27.6 Å². The van der Waals surface area contributed by atoms with Crippen molar-refractivity contribution in [3.63, 3.8) is 0 Å². The third-order valence-corrected chi connectivity index (χ3v) is 4.12. The summed E-state index contributed by atoms with van der Waals surface area (Å²) in [6, 6.07) is 3.35. The number of carbonyl (C=O) groups is 1. The zero-order chi connectivity index (χ0) is 16.4. The highest BCUT2D eigenvalue weighted by molar-refractivity contribution is 6.40. The van der Waals surface area contributed by atoms with Gasteiger partial charge in [0, 0.05) is 11.8 Å². The standard InChI is InChI=1S/C16H15Cl2NO3/c1-8-5-11(21-3)12(22-4)6-10(8)15(20)13-14(17)9(2)7-19-16(13)18/h5-7H,1-4H3. The number of aromatic nitrogens is 1. The first-order valence-electron chi connectivity index (χ1n) is 6.48. The molecule has 6 heteroatoms. The van der Waals surface area contributed by atoms with Crippen molar-refractivity contribution in [2.24, 2.45) is 0 Å². The summed E-state index contributed by atoms with van der Waals surface area (Å²) in [5.41, 5.74) is 2.05. The molecular weight excluding hydrogens is 325 g/mol. The molecule has 1 aromatic heterocycles. The maximum Gasteiger partial charge on any atom is 0.198 e. The number of ether oxygens (including phenoxy) is 2. The van der Waals surface area contributed by atoms with E-state index in [1.165, 1.54) is 20.4 Å². The van der Waals surface area contributed by atoms with E-state index in [1.807, 2.05) is 0 Å². The van der Waals surface area contributed by atoms with E-state index in [2.05, 4.69) is 4.98 Å². The maximum atomic E-state index is 12.8. The topological polar surface area (TPSA) is 48.4 Å². The fourth-order valence-corrected chi connectivity index (χ4v) is 2.62. The maximum absolute atomic E-state index is 12.8. The molecule has 0 radical (unpaired) electrons. The van der Waals surface area contributed by atoms with Gasteiger partial charge in [-0.15, -0.1) is 0 Å². The molecule has 0 saturated carbocycles. The van der Waals surface area contributed by atoms with E-state index in [4.69, 9.17) is 32.7 Å². The molecular formula is C16H15Cl2NO3. The molecule has 2 aromatic rings. The Morgan fingerprint density at radius 3 is 2.23 bits per heavy atom. The van der Waals surface area contributed by atoms with Gasteiger partial charge in [0.2, 0.25) is 0 Å². The molecule has 2 rings (SSSR count). The van der Waals surface area contributed by atoms with Crippen LogP contribution in [0.2, 0.25) is 10.2 Å². The average Bonchev–Trinajstić information content (AvgIpc) is 2.50. The Balaban J connectivity index is 2.62. The van der Waals surface area contributed by atoms with Crippen molar-refractivity contribution in [3.05, 3.63) is 50.8 Å². The highest BCUT2D eigenvalue weighted by atomic mass is 35.5. The largest absolute Gasteiger partial charge is 0.493 e. The predicted molar refractivity (Wildman–Crippen MR) is 86.7 cm³/mol. The first kappa shape index (κ1) is 16.6. The van der Waals surface area contributed by atoms with Gasteiger partial charge < -0.3 is 9.47 Å². The minimum atomic E-state index is -0.301. The minimum absolute atomic E-state index is 0.0785. The Bertz CT molecular complexity index is 745. The lowest BCUT2D eigenvalue weighted by molar-refractivity contribution is 0.103. The van der Waals surface area contributed by atoms with Gasteiger partial charge in [-0.25, -0.2) is 4.98 Å². The van der Waals surface area contributed by atoms with Crippen LogP contribution in [-0.2, 0) is 0 Å². The van der Waals surface area contributed by atoms with Crippen LogP contribution in [0, 0.1) is 13.8 Å². The van der Waals surface area contributed by atoms with Crippen LogP contribution in [0.5, 0.6) is 11.5 Å². The Labute approximate surface area is 139 Å². The SMILES string of the molecule is COc1cc(C)c(C(=O)c2c(Cl)ncc(C)c2Cl)cc1OC. The van der Waals surface area contributed by atoms with Crippen LogP contribution in [0.25, 0.3) is 0 Å². The Morgan fingerprint density at radius 1 is 1.05 bits per heavy atom. The number of methoxy groups -OCH3 is 2. The predicted octanol–water partition coefficient (Wildman–Crippen LogP) is 4.25. The van der Waals surface area contributed by atoms with Crippen LogP contribution < -0.4 is 9.47 Å². The number of benzene rings is 1. The molecule has 4 nitrogen and oxygen atoms in total. The van der Waals surface area contributed by atoms with Crippen molar-refractivity contribution in [1.29, 1.82) is 0 Å². The monoisotopic (exact) mass is 339 g/mol. The summed E-state index contributed by atoms with van der Waals surface area (Å²) in [4.78, 5) is 16.8. The molecule has 1 aromatic carbocycles. The molecule has 0 amide bonds. The number of aryl methyl sites for hydroxylation is 2. The fraction of sp³-hybridized carbons (Fsp3) is 0.250. The Hall–Kier alpha value is -1.78. The number of nitrogens with zero attached hydrogens (tertiary/aromatic N) is 1. The average molecular weight is 340 g/mol. The lowest BCUT2D eigenvalue weighted by Gasteiger charge is -2.13. The Morgan fingerprint density at radius 2 is 1.64 bits per heavy atom. The molecule has 0 spiro atoms. The molecule has 0 N–H and O–H groups in total. The van der Waals surface area contributed by atoms with Gasteiger partial charge in [0.25, 0.3) is 0 Å². The minimum Gasteiger partial charge on any atom is -0.493 e. The second-order valence-electron chi connectivity index (χ2n) is 4.77. The van der Waals surface area contributed by atoms with Gasteiger partial charge in [-0.3, -0.25) is 4.79 Å². The lowest BCUT2D eigenvalue weighted by atomic mass is 9.98. The van der Waals surface area contributed by atoms with E-state index in [-0.39, 0.29) is 16.5 Å². The molecule has 0 atom stereocenters. The summed E-state index contributed by atoms with van der Waals surface area (Å²) in [5.74, 6) is 0.713. The third-order valence-electron chi connectivity index (χ3n) is 3.35. The second kappa shape index (κ2) is 6.55. The van der Waals surface area contributed by atoms with Crippen molar-refractivity contribution >= 4 is 29.0 Å². The normalized spacial score (nSPS) is 10.5.